The zero-order valence-electron chi connectivity index (χ0n) is 16.2. The molecule has 0 N–H and O–H groups in total. The van der Waals surface area contributed by atoms with Gasteiger partial charge in [-0.3, -0.25) is 0 Å². The lowest BCUT2D eigenvalue weighted by molar-refractivity contribution is 0.0437. The van der Waals surface area contributed by atoms with Crippen LogP contribution in [0.5, 0.6) is 17.2 Å². The van der Waals surface area contributed by atoms with Crippen molar-refractivity contribution in [3.63, 3.8) is 0 Å². The van der Waals surface area contributed by atoms with Crippen molar-refractivity contribution in [2.45, 2.75) is 20.5 Å². The zero-order valence-corrected chi connectivity index (χ0v) is 16.2. The fourth-order valence-corrected chi connectivity index (χ4v) is 2.67. The molecule has 0 aliphatic rings. The lowest BCUT2D eigenvalue weighted by Crippen LogP contribution is -2.07. The molecular weight excluding hydrogens is 368 g/mol. The summed E-state index contributed by atoms with van der Waals surface area (Å²) in [5, 5.41) is 7.86. The van der Waals surface area contributed by atoms with Crippen LogP contribution in [0.15, 0.2) is 27.0 Å². The Morgan fingerprint density at radius 3 is 2.18 bits per heavy atom. The molecule has 28 heavy (non-hydrogen) atoms. The van der Waals surface area contributed by atoms with E-state index in [1.54, 1.807) is 13.0 Å². The number of carbonyl (C=O) groups excluding carboxylic acids is 1. The zero-order chi connectivity index (χ0) is 20.3. The highest BCUT2D eigenvalue weighted by atomic mass is 16.5. The first-order valence-corrected chi connectivity index (χ1v) is 8.33. The predicted octanol–water partition coefficient (Wildman–Crippen LogP) is 3.33. The van der Waals surface area contributed by atoms with Gasteiger partial charge in [0.05, 0.1) is 32.5 Å². The van der Waals surface area contributed by atoms with Gasteiger partial charge in [-0.2, -0.15) is 0 Å². The van der Waals surface area contributed by atoms with E-state index in [0.29, 0.717) is 34.5 Å². The summed E-state index contributed by atoms with van der Waals surface area (Å²) in [6.45, 7) is 3.45. The van der Waals surface area contributed by atoms with Crippen molar-refractivity contribution < 1.29 is 32.6 Å². The molecule has 148 valence electrons. The molecule has 1 aromatic carbocycles. The molecule has 0 fully saturated rings. The van der Waals surface area contributed by atoms with Gasteiger partial charge in [-0.25, -0.2) is 4.79 Å². The number of nitrogens with zero attached hydrogens (tertiary/aromatic N) is 2. The smallest absolute Gasteiger partial charge is 0.338 e. The molecule has 0 amide bonds. The van der Waals surface area contributed by atoms with E-state index >= 15 is 0 Å². The third-order valence-corrected chi connectivity index (χ3v) is 3.97. The van der Waals surface area contributed by atoms with Crippen LogP contribution in [0, 0.1) is 13.8 Å². The summed E-state index contributed by atoms with van der Waals surface area (Å²) in [5.74, 6) is 2.34. The first-order valence-electron chi connectivity index (χ1n) is 8.33. The normalized spacial score (nSPS) is 10.6. The molecule has 3 rings (SSSR count). The Balaban J connectivity index is 1.73. The van der Waals surface area contributed by atoms with Crippen LogP contribution in [-0.4, -0.2) is 37.5 Å². The number of benzene rings is 1. The highest BCUT2D eigenvalue weighted by Crippen LogP contribution is 2.38. The highest BCUT2D eigenvalue weighted by molar-refractivity contribution is 5.91. The van der Waals surface area contributed by atoms with E-state index < -0.39 is 5.97 Å². The molecule has 0 radical (unpaired) electrons. The predicted molar refractivity (Wildman–Crippen MR) is 96.7 cm³/mol. The van der Waals surface area contributed by atoms with Gasteiger partial charge in [0.1, 0.15) is 11.5 Å². The van der Waals surface area contributed by atoms with Crippen molar-refractivity contribution in [3.8, 4) is 28.7 Å². The summed E-state index contributed by atoms with van der Waals surface area (Å²) in [7, 11) is 4.41. The lowest BCUT2D eigenvalue weighted by Gasteiger charge is -2.13. The Kier molecular flexibility index (Phi) is 5.53. The number of methoxy groups -OCH3 is 3. The largest absolute Gasteiger partial charge is 0.493 e. The van der Waals surface area contributed by atoms with Gasteiger partial charge in [-0.1, -0.05) is 0 Å². The number of furan rings is 1. The Morgan fingerprint density at radius 1 is 0.964 bits per heavy atom. The van der Waals surface area contributed by atoms with E-state index in [1.165, 1.54) is 33.5 Å². The molecule has 0 unspecified atom stereocenters. The second-order valence-electron chi connectivity index (χ2n) is 5.82. The molecule has 2 heterocycles. The third kappa shape index (κ3) is 3.78. The maximum Gasteiger partial charge on any atom is 0.338 e. The Labute approximate surface area is 161 Å². The topological polar surface area (TPSA) is 106 Å². The van der Waals surface area contributed by atoms with Crippen LogP contribution in [0.4, 0.5) is 0 Å². The minimum absolute atomic E-state index is 0.161. The SMILES string of the molecule is COc1cc(C(=O)OCc2nnc(-c3cc(C)oc3C)o2)cc(OC)c1OC. The van der Waals surface area contributed by atoms with Crippen LogP contribution in [0.3, 0.4) is 0 Å². The summed E-state index contributed by atoms with van der Waals surface area (Å²) < 4.78 is 32.0. The van der Waals surface area contributed by atoms with Crippen LogP contribution in [-0.2, 0) is 11.3 Å². The van der Waals surface area contributed by atoms with E-state index in [-0.39, 0.29) is 18.1 Å². The molecule has 0 saturated heterocycles. The minimum atomic E-state index is -0.602. The van der Waals surface area contributed by atoms with Gasteiger partial charge in [-0.05, 0) is 32.0 Å². The monoisotopic (exact) mass is 388 g/mol. The van der Waals surface area contributed by atoms with Gasteiger partial charge >= 0.3 is 5.97 Å². The first kappa shape index (κ1) is 19.3. The number of hydrogen-bond donors (Lipinski definition) is 0. The van der Waals surface area contributed by atoms with Crippen LogP contribution < -0.4 is 14.2 Å². The van der Waals surface area contributed by atoms with Crippen molar-refractivity contribution in [2.75, 3.05) is 21.3 Å². The van der Waals surface area contributed by atoms with Gasteiger partial charge in [0, 0.05) is 0 Å². The number of rotatable bonds is 7. The maximum atomic E-state index is 12.4. The second-order valence-corrected chi connectivity index (χ2v) is 5.82. The lowest BCUT2D eigenvalue weighted by atomic mass is 10.2. The summed E-state index contributed by atoms with van der Waals surface area (Å²) in [5.41, 5.74) is 0.933. The summed E-state index contributed by atoms with van der Waals surface area (Å²) in [6.07, 6.45) is 0. The number of hydrogen-bond acceptors (Lipinski definition) is 9. The number of aryl methyl sites for hydroxylation is 2. The van der Waals surface area contributed by atoms with Gasteiger partial charge < -0.3 is 27.8 Å². The summed E-state index contributed by atoms with van der Waals surface area (Å²) in [4.78, 5) is 12.4. The number of carbonyl (C=O) groups is 1. The number of esters is 1. The molecule has 9 heteroatoms. The van der Waals surface area contributed by atoms with Crippen LogP contribution in [0.1, 0.15) is 27.8 Å². The highest BCUT2D eigenvalue weighted by Gasteiger charge is 2.19. The fraction of sp³-hybridized carbons (Fsp3) is 0.316. The second kappa shape index (κ2) is 8.03. The molecule has 0 atom stereocenters. The Bertz CT molecular complexity index is 965. The Hall–Kier alpha value is -3.49. The van der Waals surface area contributed by atoms with E-state index in [0.717, 1.165) is 5.76 Å². The number of aromatic nitrogens is 2. The molecule has 0 spiro atoms. The average molecular weight is 388 g/mol. The van der Waals surface area contributed by atoms with Gasteiger partial charge in [0.15, 0.2) is 18.1 Å². The maximum absolute atomic E-state index is 12.4. The standard InChI is InChI=1S/C19H20N2O7/c1-10-6-13(11(2)27-10)18-21-20-16(28-18)9-26-19(22)12-7-14(23-3)17(25-5)15(8-12)24-4/h6-8H,9H2,1-5H3. The summed E-state index contributed by atoms with van der Waals surface area (Å²) in [6, 6.07) is 4.80. The van der Waals surface area contributed by atoms with Crippen molar-refractivity contribution in [2.24, 2.45) is 0 Å². The third-order valence-electron chi connectivity index (χ3n) is 3.97. The van der Waals surface area contributed by atoms with Crippen LogP contribution in [0.25, 0.3) is 11.5 Å². The molecule has 3 aromatic rings. The van der Waals surface area contributed by atoms with Crippen molar-refractivity contribution >= 4 is 5.97 Å². The van der Waals surface area contributed by atoms with Crippen molar-refractivity contribution in [1.82, 2.24) is 10.2 Å². The average Bonchev–Trinajstić information content (AvgIpc) is 3.30. The Morgan fingerprint density at radius 2 is 1.64 bits per heavy atom. The van der Waals surface area contributed by atoms with Crippen molar-refractivity contribution in [3.05, 3.63) is 41.2 Å². The molecular formula is C19H20N2O7. The van der Waals surface area contributed by atoms with E-state index in [4.69, 9.17) is 27.8 Å². The molecule has 0 aliphatic carbocycles. The van der Waals surface area contributed by atoms with Gasteiger partial charge in [0.2, 0.25) is 5.75 Å². The van der Waals surface area contributed by atoms with Gasteiger partial charge in [0.25, 0.3) is 11.8 Å². The van der Waals surface area contributed by atoms with E-state index in [9.17, 15) is 4.79 Å². The van der Waals surface area contributed by atoms with E-state index in [1.807, 2.05) is 6.92 Å². The van der Waals surface area contributed by atoms with Crippen molar-refractivity contribution in [1.29, 1.82) is 0 Å². The molecule has 0 aliphatic heterocycles. The van der Waals surface area contributed by atoms with Gasteiger partial charge in [-0.15, -0.1) is 10.2 Å². The fourth-order valence-electron chi connectivity index (χ4n) is 2.67. The first-order chi connectivity index (χ1) is 13.5. The van der Waals surface area contributed by atoms with Crippen LogP contribution >= 0.6 is 0 Å². The summed E-state index contributed by atoms with van der Waals surface area (Å²) >= 11 is 0. The molecule has 2 aromatic heterocycles. The number of ether oxygens (including phenoxy) is 4. The molecule has 0 bridgehead atoms. The van der Waals surface area contributed by atoms with E-state index in [2.05, 4.69) is 10.2 Å². The quantitative estimate of drug-likeness (QED) is 0.563. The minimum Gasteiger partial charge on any atom is -0.493 e. The van der Waals surface area contributed by atoms with Crippen LogP contribution in [0.2, 0.25) is 0 Å². The molecule has 9 nitrogen and oxygen atoms in total. The molecule has 0 saturated carbocycles.